The average Bonchev–Trinajstić information content (AvgIpc) is 2.28. The van der Waals surface area contributed by atoms with E-state index < -0.39 is 23.1 Å². The lowest BCUT2D eigenvalue weighted by atomic mass is 10.1. The van der Waals surface area contributed by atoms with E-state index in [1.165, 1.54) is 13.1 Å². The first-order chi connectivity index (χ1) is 7.60. The molecule has 1 aromatic carbocycles. The number of likely N-dealkylation sites (N-methyl/N-ethyl adjacent to an activating group) is 1. The van der Waals surface area contributed by atoms with Gasteiger partial charge in [0.05, 0.1) is 0 Å². The van der Waals surface area contributed by atoms with Gasteiger partial charge in [-0.05, 0) is 18.2 Å². The van der Waals surface area contributed by atoms with Crippen molar-refractivity contribution in [1.29, 1.82) is 5.26 Å². The van der Waals surface area contributed by atoms with Crippen molar-refractivity contribution in [1.82, 2.24) is 5.32 Å². The number of amides is 1. The summed E-state index contributed by atoms with van der Waals surface area (Å²) in [5.41, 5.74) is -0.755. The molecule has 0 unspecified atom stereocenters. The molecule has 0 saturated carbocycles. The Labute approximate surface area is 91.0 Å². The zero-order valence-electron chi connectivity index (χ0n) is 8.42. The summed E-state index contributed by atoms with van der Waals surface area (Å²) in [5.74, 6) is -2.33. The highest BCUT2D eigenvalue weighted by atomic mass is 19.1. The van der Waals surface area contributed by atoms with Gasteiger partial charge >= 0.3 is 0 Å². The lowest BCUT2D eigenvalue weighted by molar-refractivity contribution is -0.116. The monoisotopic (exact) mass is 222 g/mol. The SMILES string of the molecule is CNC(=O)/C(C#N)=C/c1c(F)cccc1F. The van der Waals surface area contributed by atoms with E-state index in [1.54, 1.807) is 6.07 Å². The Bertz CT molecular complexity index is 469. The van der Waals surface area contributed by atoms with Gasteiger partial charge in [-0.3, -0.25) is 4.79 Å². The van der Waals surface area contributed by atoms with E-state index in [1.807, 2.05) is 0 Å². The van der Waals surface area contributed by atoms with Gasteiger partial charge in [0.2, 0.25) is 0 Å². The van der Waals surface area contributed by atoms with Crippen LogP contribution in [0.4, 0.5) is 8.78 Å². The standard InChI is InChI=1S/C11H8F2N2O/c1-15-11(16)7(6-14)5-8-9(12)3-2-4-10(8)13/h2-5H,1H3,(H,15,16)/b7-5+. The van der Waals surface area contributed by atoms with Crippen LogP contribution in [0.15, 0.2) is 23.8 Å². The predicted octanol–water partition coefficient (Wildman–Crippen LogP) is 1.62. The molecule has 0 heterocycles. The summed E-state index contributed by atoms with van der Waals surface area (Å²) in [6.45, 7) is 0. The molecule has 1 amide bonds. The van der Waals surface area contributed by atoms with Crippen LogP contribution in [0.3, 0.4) is 0 Å². The second-order valence-electron chi connectivity index (χ2n) is 2.88. The molecule has 0 atom stereocenters. The van der Waals surface area contributed by atoms with Crippen molar-refractivity contribution in [2.45, 2.75) is 0 Å². The number of carbonyl (C=O) groups is 1. The van der Waals surface area contributed by atoms with E-state index in [0.717, 1.165) is 18.2 Å². The fourth-order valence-electron chi connectivity index (χ4n) is 1.08. The minimum Gasteiger partial charge on any atom is -0.354 e. The first-order valence-corrected chi connectivity index (χ1v) is 4.38. The molecule has 16 heavy (non-hydrogen) atoms. The minimum atomic E-state index is -0.823. The fraction of sp³-hybridized carbons (Fsp3) is 0.0909. The highest BCUT2D eigenvalue weighted by Crippen LogP contribution is 2.15. The largest absolute Gasteiger partial charge is 0.354 e. The molecule has 0 fully saturated rings. The van der Waals surface area contributed by atoms with Crippen LogP contribution in [0, 0.1) is 23.0 Å². The molecule has 0 aliphatic rings. The number of halogens is 2. The summed E-state index contributed by atoms with van der Waals surface area (Å²) in [5, 5.41) is 10.8. The van der Waals surface area contributed by atoms with E-state index in [2.05, 4.69) is 5.32 Å². The van der Waals surface area contributed by atoms with Crippen LogP contribution in [0.2, 0.25) is 0 Å². The van der Waals surface area contributed by atoms with Crippen LogP contribution >= 0.6 is 0 Å². The molecule has 0 spiro atoms. The van der Waals surface area contributed by atoms with Crippen molar-refractivity contribution >= 4 is 12.0 Å². The Morgan fingerprint density at radius 1 is 1.44 bits per heavy atom. The summed E-state index contributed by atoms with van der Waals surface area (Å²) in [4.78, 5) is 11.1. The molecule has 1 rings (SSSR count). The lowest BCUT2D eigenvalue weighted by Crippen LogP contribution is -2.19. The maximum Gasteiger partial charge on any atom is 0.261 e. The number of hydrogen-bond donors (Lipinski definition) is 1. The van der Waals surface area contributed by atoms with Crippen LogP contribution in [0.1, 0.15) is 5.56 Å². The number of benzene rings is 1. The normalized spacial score (nSPS) is 10.8. The second kappa shape index (κ2) is 5.03. The third kappa shape index (κ3) is 2.42. The van der Waals surface area contributed by atoms with Gasteiger partial charge in [-0.25, -0.2) is 8.78 Å². The lowest BCUT2D eigenvalue weighted by Gasteiger charge is -2.00. The van der Waals surface area contributed by atoms with Gasteiger partial charge in [-0.15, -0.1) is 0 Å². The van der Waals surface area contributed by atoms with E-state index in [4.69, 9.17) is 5.26 Å². The van der Waals surface area contributed by atoms with Crippen LogP contribution in [-0.4, -0.2) is 13.0 Å². The maximum absolute atomic E-state index is 13.2. The smallest absolute Gasteiger partial charge is 0.261 e. The Morgan fingerprint density at radius 3 is 2.44 bits per heavy atom. The summed E-state index contributed by atoms with van der Waals surface area (Å²) in [7, 11) is 1.32. The third-order valence-electron chi connectivity index (χ3n) is 1.88. The van der Waals surface area contributed by atoms with Gasteiger partial charge in [0, 0.05) is 12.6 Å². The highest BCUT2D eigenvalue weighted by molar-refractivity contribution is 6.01. The van der Waals surface area contributed by atoms with Gasteiger partial charge in [-0.1, -0.05) is 6.07 Å². The summed E-state index contributed by atoms with van der Waals surface area (Å²) in [6, 6.07) is 4.87. The van der Waals surface area contributed by atoms with Crippen LogP contribution in [0.25, 0.3) is 6.08 Å². The van der Waals surface area contributed by atoms with Crippen molar-refractivity contribution < 1.29 is 13.6 Å². The van der Waals surface area contributed by atoms with Crippen LogP contribution < -0.4 is 5.32 Å². The Kier molecular flexibility index (Phi) is 3.72. The van der Waals surface area contributed by atoms with Crippen molar-refractivity contribution in [3.63, 3.8) is 0 Å². The molecule has 5 heteroatoms. The molecule has 0 bridgehead atoms. The first-order valence-electron chi connectivity index (χ1n) is 4.38. The van der Waals surface area contributed by atoms with E-state index in [0.29, 0.717) is 0 Å². The van der Waals surface area contributed by atoms with Crippen LogP contribution in [0.5, 0.6) is 0 Å². The van der Waals surface area contributed by atoms with Gasteiger partial charge in [-0.2, -0.15) is 5.26 Å². The Morgan fingerprint density at radius 2 is 2.00 bits per heavy atom. The number of hydrogen-bond acceptors (Lipinski definition) is 2. The molecular formula is C11H8F2N2O. The van der Waals surface area contributed by atoms with Crippen molar-refractivity contribution in [3.05, 3.63) is 41.0 Å². The van der Waals surface area contributed by atoms with Gasteiger partial charge in [0.15, 0.2) is 0 Å². The molecule has 0 saturated heterocycles. The van der Waals surface area contributed by atoms with Gasteiger partial charge < -0.3 is 5.32 Å². The number of rotatable bonds is 2. The number of nitrogens with one attached hydrogen (secondary N) is 1. The average molecular weight is 222 g/mol. The van der Waals surface area contributed by atoms with E-state index in [-0.39, 0.29) is 5.57 Å². The topological polar surface area (TPSA) is 52.9 Å². The third-order valence-corrected chi connectivity index (χ3v) is 1.88. The molecule has 0 aliphatic carbocycles. The van der Waals surface area contributed by atoms with E-state index >= 15 is 0 Å². The molecule has 0 radical (unpaired) electrons. The van der Waals surface area contributed by atoms with Gasteiger partial charge in [0.1, 0.15) is 23.3 Å². The first kappa shape index (κ1) is 11.9. The zero-order valence-corrected chi connectivity index (χ0v) is 8.42. The van der Waals surface area contributed by atoms with E-state index in [9.17, 15) is 13.6 Å². The number of nitriles is 1. The fourth-order valence-corrected chi connectivity index (χ4v) is 1.08. The second-order valence-corrected chi connectivity index (χ2v) is 2.88. The quantitative estimate of drug-likeness (QED) is 0.610. The molecule has 0 aromatic heterocycles. The van der Waals surface area contributed by atoms with Crippen molar-refractivity contribution in [2.75, 3.05) is 7.05 Å². The summed E-state index contributed by atoms with van der Waals surface area (Å²) in [6.07, 6.45) is 0.878. The molecule has 82 valence electrons. The minimum absolute atomic E-state index is 0.355. The molecule has 1 N–H and O–H groups in total. The predicted molar refractivity (Wildman–Crippen MR) is 54.0 cm³/mol. The van der Waals surface area contributed by atoms with Crippen molar-refractivity contribution in [2.24, 2.45) is 0 Å². The molecule has 0 aliphatic heterocycles. The maximum atomic E-state index is 13.2. The van der Waals surface area contributed by atoms with Gasteiger partial charge in [0.25, 0.3) is 5.91 Å². The zero-order chi connectivity index (χ0) is 12.1. The molecule has 3 nitrogen and oxygen atoms in total. The van der Waals surface area contributed by atoms with Crippen LogP contribution in [-0.2, 0) is 4.79 Å². The highest BCUT2D eigenvalue weighted by Gasteiger charge is 2.11. The Hall–Kier alpha value is -2.22. The summed E-state index contributed by atoms with van der Waals surface area (Å²) < 4.78 is 26.4. The Balaban J connectivity index is 3.25. The molecule has 1 aromatic rings. The number of nitrogens with zero attached hydrogens (tertiary/aromatic N) is 1. The van der Waals surface area contributed by atoms with Crippen molar-refractivity contribution in [3.8, 4) is 6.07 Å². The summed E-state index contributed by atoms with van der Waals surface area (Å²) >= 11 is 0. The molecular weight excluding hydrogens is 214 g/mol. The number of carbonyl (C=O) groups excluding carboxylic acids is 1.